The molecule has 0 saturated carbocycles. The van der Waals surface area contributed by atoms with Gasteiger partial charge in [-0.05, 0) is 29.8 Å². The molecule has 3 aromatic carbocycles. The molecule has 3 aromatic rings. The van der Waals surface area contributed by atoms with Crippen LogP contribution in [0.15, 0.2) is 82.4 Å². The lowest BCUT2D eigenvalue weighted by Crippen LogP contribution is -2.28. The van der Waals surface area contributed by atoms with E-state index in [4.69, 9.17) is 4.74 Å². The minimum absolute atomic E-state index is 0.193. The first-order chi connectivity index (χ1) is 12.7. The van der Waals surface area contributed by atoms with Gasteiger partial charge in [0.2, 0.25) is 0 Å². The number of nitrogens with one attached hydrogen (secondary N) is 1. The Morgan fingerprint density at radius 3 is 2.12 bits per heavy atom. The van der Waals surface area contributed by atoms with Gasteiger partial charge in [0.1, 0.15) is 11.5 Å². The number of rotatable bonds is 3. The van der Waals surface area contributed by atoms with Gasteiger partial charge in [-0.2, -0.15) is 5.10 Å². The predicted molar refractivity (Wildman–Crippen MR) is 105 cm³/mol. The Balaban J connectivity index is 1.60. The topological polar surface area (TPSA) is 50.7 Å². The van der Waals surface area contributed by atoms with Crippen molar-refractivity contribution in [2.45, 2.75) is 5.92 Å². The van der Waals surface area contributed by atoms with E-state index in [1.54, 1.807) is 6.21 Å². The summed E-state index contributed by atoms with van der Waals surface area (Å²) in [6.07, 6.45) is 1.63. The molecule has 4 rings (SSSR count). The lowest BCUT2D eigenvalue weighted by Gasteiger charge is -2.26. The molecule has 0 spiro atoms. The highest BCUT2D eigenvalue weighted by Crippen LogP contribution is 2.43. The van der Waals surface area contributed by atoms with E-state index in [1.165, 1.54) is 0 Å². The number of carbonyl (C=O) groups excluding carboxylic acids is 1. The minimum atomic E-state index is -0.460. The van der Waals surface area contributed by atoms with Gasteiger partial charge in [-0.1, -0.05) is 64.5 Å². The third-order valence-electron chi connectivity index (χ3n) is 4.20. The number of hydrogen-bond acceptors (Lipinski definition) is 3. The third kappa shape index (κ3) is 3.26. The highest BCUT2D eigenvalue weighted by Gasteiger charge is 2.32. The molecule has 5 heteroatoms. The van der Waals surface area contributed by atoms with Crippen LogP contribution in [0, 0.1) is 0 Å². The van der Waals surface area contributed by atoms with E-state index in [0.717, 1.165) is 21.2 Å². The maximum atomic E-state index is 12.9. The second kappa shape index (κ2) is 7.14. The number of halogens is 1. The van der Waals surface area contributed by atoms with Crippen molar-refractivity contribution < 1.29 is 9.53 Å². The van der Waals surface area contributed by atoms with Gasteiger partial charge >= 0.3 is 0 Å². The van der Waals surface area contributed by atoms with Gasteiger partial charge in [0.15, 0.2) is 0 Å². The quantitative estimate of drug-likeness (QED) is 0.499. The molecule has 4 nitrogen and oxygen atoms in total. The molecule has 0 aliphatic carbocycles. The number of amides is 1. The highest BCUT2D eigenvalue weighted by atomic mass is 79.9. The summed E-state index contributed by atoms with van der Waals surface area (Å²) in [5, 5.41) is 4.11. The van der Waals surface area contributed by atoms with Gasteiger partial charge < -0.3 is 4.74 Å². The van der Waals surface area contributed by atoms with Crippen LogP contribution in [0.3, 0.4) is 0 Å². The van der Waals surface area contributed by atoms with Crippen molar-refractivity contribution in [3.8, 4) is 11.5 Å². The van der Waals surface area contributed by atoms with Gasteiger partial charge in [-0.15, -0.1) is 0 Å². The van der Waals surface area contributed by atoms with Crippen molar-refractivity contribution >= 4 is 28.1 Å². The molecule has 1 aliphatic heterocycles. The van der Waals surface area contributed by atoms with E-state index in [9.17, 15) is 4.79 Å². The van der Waals surface area contributed by atoms with E-state index in [0.29, 0.717) is 11.5 Å². The number of nitrogens with zero attached hydrogens (tertiary/aromatic N) is 1. The van der Waals surface area contributed by atoms with Gasteiger partial charge in [0.25, 0.3) is 5.91 Å². The fourth-order valence-electron chi connectivity index (χ4n) is 2.98. The van der Waals surface area contributed by atoms with Crippen LogP contribution in [0.4, 0.5) is 0 Å². The normalized spacial score (nSPS) is 13.0. The van der Waals surface area contributed by atoms with Gasteiger partial charge in [0.05, 0.1) is 12.1 Å². The van der Waals surface area contributed by atoms with Crippen molar-refractivity contribution in [2.24, 2.45) is 5.10 Å². The van der Waals surface area contributed by atoms with E-state index in [1.807, 2.05) is 72.8 Å². The third-order valence-corrected chi connectivity index (χ3v) is 4.73. The van der Waals surface area contributed by atoms with E-state index in [2.05, 4.69) is 26.5 Å². The summed E-state index contributed by atoms with van der Waals surface area (Å²) in [7, 11) is 0. The predicted octanol–water partition coefficient (Wildman–Crippen LogP) is 4.84. The maximum absolute atomic E-state index is 12.9. The molecular weight excluding hydrogens is 392 g/mol. The van der Waals surface area contributed by atoms with Crippen LogP contribution in [0.1, 0.15) is 22.6 Å². The van der Waals surface area contributed by atoms with Crippen LogP contribution >= 0.6 is 15.9 Å². The Bertz CT molecular complexity index is 938. The zero-order chi connectivity index (χ0) is 17.9. The van der Waals surface area contributed by atoms with Gasteiger partial charge in [0, 0.05) is 15.6 Å². The monoisotopic (exact) mass is 406 g/mol. The van der Waals surface area contributed by atoms with Crippen molar-refractivity contribution in [2.75, 3.05) is 0 Å². The first-order valence-corrected chi connectivity index (χ1v) is 8.96. The van der Waals surface area contributed by atoms with Crippen molar-refractivity contribution in [3.05, 3.63) is 94.0 Å². The Kier molecular flexibility index (Phi) is 4.54. The molecule has 0 fully saturated rings. The fraction of sp³-hybridized carbons (Fsp3) is 0.0476. The summed E-state index contributed by atoms with van der Waals surface area (Å²) in [5.41, 5.74) is 5.24. The SMILES string of the molecule is O=C(NN=Cc1ccc(Br)cc1)C1c2ccccc2Oc2ccccc21. The Labute approximate surface area is 159 Å². The number of para-hydroxylation sites is 2. The first-order valence-electron chi connectivity index (χ1n) is 8.16. The van der Waals surface area contributed by atoms with Crippen molar-refractivity contribution in [3.63, 3.8) is 0 Å². The molecule has 1 aliphatic rings. The number of ether oxygens (including phenoxy) is 1. The molecule has 0 atom stereocenters. The van der Waals surface area contributed by atoms with E-state index >= 15 is 0 Å². The average Bonchev–Trinajstić information content (AvgIpc) is 2.67. The average molecular weight is 407 g/mol. The number of benzene rings is 3. The highest BCUT2D eigenvalue weighted by molar-refractivity contribution is 9.10. The van der Waals surface area contributed by atoms with Crippen LogP contribution in [-0.4, -0.2) is 12.1 Å². The smallest absolute Gasteiger partial charge is 0.252 e. The molecule has 0 aromatic heterocycles. The summed E-state index contributed by atoms with van der Waals surface area (Å²) < 4.78 is 6.91. The van der Waals surface area contributed by atoms with Crippen LogP contribution in [-0.2, 0) is 4.79 Å². The maximum Gasteiger partial charge on any atom is 0.252 e. The molecule has 0 bridgehead atoms. The van der Waals surface area contributed by atoms with Crippen LogP contribution < -0.4 is 10.2 Å². The van der Waals surface area contributed by atoms with Crippen molar-refractivity contribution in [1.82, 2.24) is 5.43 Å². The largest absolute Gasteiger partial charge is 0.457 e. The molecule has 0 saturated heterocycles. The molecule has 1 amide bonds. The Morgan fingerprint density at radius 2 is 1.50 bits per heavy atom. The molecule has 26 heavy (non-hydrogen) atoms. The second-order valence-corrected chi connectivity index (χ2v) is 6.81. The molecule has 1 heterocycles. The molecule has 0 unspecified atom stereocenters. The van der Waals surface area contributed by atoms with E-state index < -0.39 is 5.92 Å². The number of fused-ring (bicyclic) bond motifs is 2. The fourth-order valence-corrected chi connectivity index (χ4v) is 3.24. The summed E-state index contributed by atoms with van der Waals surface area (Å²) in [4.78, 5) is 12.9. The molecular formula is C21H15BrN2O2. The van der Waals surface area contributed by atoms with Crippen LogP contribution in [0.25, 0.3) is 0 Å². The van der Waals surface area contributed by atoms with Gasteiger partial charge in [-0.25, -0.2) is 5.43 Å². The number of hydrazone groups is 1. The summed E-state index contributed by atoms with van der Waals surface area (Å²) in [5.74, 6) is 0.742. The van der Waals surface area contributed by atoms with Crippen molar-refractivity contribution in [1.29, 1.82) is 0 Å². The molecule has 1 N–H and O–H groups in total. The van der Waals surface area contributed by atoms with E-state index in [-0.39, 0.29) is 5.91 Å². The summed E-state index contributed by atoms with van der Waals surface area (Å²) in [6.45, 7) is 0. The summed E-state index contributed by atoms with van der Waals surface area (Å²) in [6, 6.07) is 22.8. The van der Waals surface area contributed by atoms with Crippen LogP contribution in [0.5, 0.6) is 11.5 Å². The standard InChI is InChI=1S/C21H15BrN2O2/c22-15-11-9-14(10-12-15)13-23-24-21(25)20-16-5-1-3-7-18(16)26-19-8-4-2-6-17(19)20/h1-13,20H,(H,24,25). The Hall–Kier alpha value is -2.92. The lowest BCUT2D eigenvalue weighted by atomic mass is 9.87. The second-order valence-electron chi connectivity index (χ2n) is 5.90. The van der Waals surface area contributed by atoms with Gasteiger partial charge in [-0.3, -0.25) is 4.79 Å². The minimum Gasteiger partial charge on any atom is -0.457 e. The Morgan fingerprint density at radius 1 is 0.923 bits per heavy atom. The lowest BCUT2D eigenvalue weighted by molar-refractivity contribution is -0.121. The zero-order valence-electron chi connectivity index (χ0n) is 13.7. The molecule has 128 valence electrons. The molecule has 0 radical (unpaired) electrons. The zero-order valence-corrected chi connectivity index (χ0v) is 15.3. The number of carbonyl (C=O) groups is 1. The van der Waals surface area contributed by atoms with Crippen LogP contribution in [0.2, 0.25) is 0 Å². The summed E-state index contributed by atoms with van der Waals surface area (Å²) >= 11 is 3.39. The number of hydrogen-bond donors (Lipinski definition) is 1. The first kappa shape index (κ1) is 16.5.